The van der Waals surface area contributed by atoms with Gasteiger partial charge in [-0.25, -0.2) is 8.42 Å². The summed E-state index contributed by atoms with van der Waals surface area (Å²) in [6.07, 6.45) is -3.56. The Hall–Kier alpha value is -2.72. The van der Waals surface area contributed by atoms with Crippen LogP contribution >= 0.6 is 0 Å². The first-order chi connectivity index (χ1) is 18.5. The van der Waals surface area contributed by atoms with Crippen LogP contribution in [0.2, 0.25) is 0 Å². The van der Waals surface area contributed by atoms with Gasteiger partial charge in [-0.05, 0) is 73.2 Å². The summed E-state index contributed by atoms with van der Waals surface area (Å²) in [5.41, 5.74) is 4.45. The summed E-state index contributed by atoms with van der Waals surface area (Å²) in [5, 5.41) is 10.2. The molecule has 2 saturated heterocycles. The Balaban J connectivity index is 1.46. The van der Waals surface area contributed by atoms with Gasteiger partial charge in [0.2, 0.25) is 10.0 Å². The van der Waals surface area contributed by atoms with Crippen LogP contribution < -0.4 is 0 Å². The monoisotopic (exact) mass is 558 g/mol. The Labute approximate surface area is 227 Å². The van der Waals surface area contributed by atoms with Crippen molar-refractivity contribution in [1.82, 2.24) is 9.21 Å². The van der Waals surface area contributed by atoms with Crippen molar-refractivity contribution in [3.05, 3.63) is 89.0 Å². The molecule has 2 fully saturated rings. The number of benzene rings is 3. The van der Waals surface area contributed by atoms with Gasteiger partial charge in [0.15, 0.2) is 0 Å². The number of aliphatic hydroxyl groups excluding tert-OH is 1. The van der Waals surface area contributed by atoms with E-state index in [1.165, 1.54) is 27.6 Å². The lowest BCUT2D eigenvalue weighted by Gasteiger charge is -2.57. The van der Waals surface area contributed by atoms with Crippen molar-refractivity contribution >= 4 is 10.0 Å². The molecule has 3 atom stereocenters. The summed E-state index contributed by atoms with van der Waals surface area (Å²) in [6.45, 7) is 5.01. The van der Waals surface area contributed by atoms with Crippen molar-refractivity contribution in [2.24, 2.45) is 0 Å². The van der Waals surface area contributed by atoms with E-state index in [4.69, 9.17) is 0 Å². The van der Waals surface area contributed by atoms with Crippen LogP contribution in [0.15, 0.2) is 71.6 Å². The highest BCUT2D eigenvalue weighted by Crippen LogP contribution is 2.44. The number of halogens is 3. The van der Waals surface area contributed by atoms with Gasteiger partial charge in [0, 0.05) is 31.1 Å². The summed E-state index contributed by atoms with van der Waals surface area (Å²) in [7, 11) is -4.40. The molecule has 1 N–H and O–H groups in total. The number of sulfonamides is 1. The van der Waals surface area contributed by atoms with E-state index in [2.05, 4.69) is 30.9 Å². The molecule has 0 aliphatic carbocycles. The van der Waals surface area contributed by atoms with Crippen molar-refractivity contribution in [3.63, 3.8) is 0 Å². The van der Waals surface area contributed by atoms with Crippen LogP contribution in [0.5, 0.6) is 0 Å². The van der Waals surface area contributed by atoms with E-state index in [-0.39, 0.29) is 37.7 Å². The molecule has 5 nitrogen and oxygen atoms in total. The minimum Gasteiger partial charge on any atom is -0.395 e. The number of hydrogen-bond acceptors (Lipinski definition) is 4. The van der Waals surface area contributed by atoms with Gasteiger partial charge in [-0.15, -0.1) is 0 Å². The molecular formula is C30H33F3N2O3S. The summed E-state index contributed by atoms with van der Waals surface area (Å²) in [6, 6.07) is 18.3. The predicted octanol–water partition coefficient (Wildman–Crippen LogP) is 5.60. The Bertz CT molecular complexity index is 1440. The first kappa shape index (κ1) is 27.8. The van der Waals surface area contributed by atoms with Crippen LogP contribution in [0.4, 0.5) is 13.2 Å². The fourth-order valence-electron chi connectivity index (χ4n) is 6.14. The molecule has 2 aliphatic rings. The number of rotatable bonds is 5. The van der Waals surface area contributed by atoms with E-state index in [9.17, 15) is 26.7 Å². The van der Waals surface area contributed by atoms with E-state index in [0.29, 0.717) is 19.4 Å². The van der Waals surface area contributed by atoms with E-state index in [1.807, 2.05) is 30.3 Å². The van der Waals surface area contributed by atoms with Crippen LogP contribution in [-0.4, -0.2) is 61.1 Å². The second-order valence-corrected chi connectivity index (χ2v) is 12.4. The zero-order valence-electron chi connectivity index (χ0n) is 22.0. The fourth-order valence-corrected chi connectivity index (χ4v) is 7.85. The molecule has 208 valence electrons. The molecule has 0 amide bonds. The Kier molecular flexibility index (Phi) is 7.63. The van der Waals surface area contributed by atoms with Gasteiger partial charge < -0.3 is 5.11 Å². The predicted molar refractivity (Wildman–Crippen MR) is 145 cm³/mol. The third-order valence-corrected chi connectivity index (χ3v) is 10.3. The lowest BCUT2D eigenvalue weighted by molar-refractivity contribution is -0.139. The normalized spacial score (nSPS) is 23.0. The molecule has 0 aromatic heterocycles. The molecule has 3 aromatic rings. The summed E-state index contributed by atoms with van der Waals surface area (Å²) in [5.74, 6) is -0.142. The molecule has 3 aromatic carbocycles. The van der Waals surface area contributed by atoms with Gasteiger partial charge in [-0.2, -0.15) is 17.5 Å². The molecule has 39 heavy (non-hydrogen) atoms. The summed E-state index contributed by atoms with van der Waals surface area (Å²) >= 11 is 0. The highest BCUT2D eigenvalue weighted by molar-refractivity contribution is 7.89. The van der Waals surface area contributed by atoms with E-state index in [1.54, 1.807) is 0 Å². The van der Waals surface area contributed by atoms with Crippen molar-refractivity contribution < 1.29 is 26.7 Å². The molecule has 0 bridgehead atoms. The molecule has 2 aliphatic heterocycles. The van der Waals surface area contributed by atoms with E-state index in [0.717, 1.165) is 28.8 Å². The van der Waals surface area contributed by atoms with Crippen molar-refractivity contribution in [3.8, 4) is 11.1 Å². The SMILES string of the molecule is Cc1cccc(-c2ccc([C@H]3C4CN(S(=O)(=O)c5ccccc5C(F)(F)F)CCCCN4[C@@H]3CO)cc2)c1C. The van der Waals surface area contributed by atoms with E-state index < -0.39 is 26.7 Å². The van der Waals surface area contributed by atoms with Crippen molar-refractivity contribution in [2.75, 3.05) is 26.2 Å². The third-order valence-electron chi connectivity index (χ3n) is 8.35. The largest absolute Gasteiger partial charge is 0.417 e. The summed E-state index contributed by atoms with van der Waals surface area (Å²) < 4.78 is 69.5. The summed E-state index contributed by atoms with van der Waals surface area (Å²) in [4.78, 5) is 1.40. The quantitative estimate of drug-likeness (QED) is 0.443. The Morgan fingerprint density at radius 2 is 1.62 bits per heavy atom. The second kappa shape index (κ2) is 10.7. The number of alkyl halides is 3. The number of fused-ring (bicyclic) bond motifs is 1. The molecule has 1 unspecified atom stereocenters. The minimum atomic E-state index is -4.78. The highest BCUT2D eigenvalue weighted by atomic mass is 32.2. The maximum atomic E-state index is 13.7. The van der Waals surface area contributed by atoms with Crippen LogP contribution in [0.1, 0.15) is 41.0 Å². The topological polar surface area (TPSA) is 60.9 Å². The Morgan fingerprint density at radius 3 is 2.31 bits per heavy atom. The van der Waals surface area contributed by atoms with Gasteiger partial charge in [-0.3, -0.25) is 4.90 Å². The molecule has 0 spiro atoms. The smallest absolute Gasteiger partial charge is 0.395 e. The molecular weight excluding hydrogens is 525 g/mol. The zero-order valence-corrected chi connectivity index (χ0v) is 22.8. The standard InChI is InChI=1S/C30H33F3N2O3S/c1-20-8-7-9-24(21(20)2)22-12-14-23(15-13-22)29-26-18-34(16-5-6-17-35(26)27(29)19-36)39(37,38)28-11-4-3-10-25(28)30(31,32)33/h3-4,7-15,26-27,29,36H,5-6,16-19H2,1-2H3/t26?,27-,29+/m1/s1. The molecule has 2 heterocycles. The first-order valence-corrected chi connectivity index (χ1v) is 14.7. The van der Waals surface area contributed by atoms with Gasteiger partial charge in [0.25, 0.3) is 0 Å². The Morgan fingerprint density at radius 1 is 0.923 bits per heavy atom. The fraction of sp³-hybridized carbons (Fsp3) is 0.400. The molecule has 5 rings (SSSR count). The lowest BCUT2D eigenvalue weighted by atomic mass is 9.74. The second-order valence-electron chi connectivity index (χ2n) is 10.5. The maximum Gasteiger partial charge on any atom is 0.417 e. The minimum absolute atomic E-state index is 0.0639. The average Bonchev–Trinajstić information content (AvgIpc) is 2.89. The molecule has 0 saturated carbocycles. The lowest BCUT2D eigenvalue weighted by Crippen LogP contribution is -2.67. The number of aryl methyl sites for hydroxylation is 1. The highest BCUT2D eigenvalue weighted by Gasteiger charge is 2.50. The number of aliphatic hydroxyl groups is 1. The number of nitrogens with zero attached hydrogens (tertiary/aromatic N) is 2. The number of hydrogen-bond donors (Lipinski definition) is 1. The van der Waals surface area contributed by atoms with Crippen LogP contribution in [0.3, 0.4) is 0 Å². The van der Waals surface area contributed by atoms with Crippen LogP contribution in [0, 0.1) is 13.8 Å². The zero-order chi connectivity index (χ0) is 27.9. The maximum absolute atomic E-state index is 13.7. The van der Waals surface area contributed by atoms with Crippen LogP contribution in [0.25, 0.3) is 11.1 Å². The van der Waals surface area contributed by atoms with Gasteiger partial charge in [0.05, 0.1) is 17.1 Å². The van der Waals surface area contributed by atoms with Crippen molar-refractivity contribution in [2.45, 2.75) is 55.8 Å². The van der Waals surface area contributed by atoms with Gasteiger partial charge in [-0.1, -0.05) is 54.6 Å². The van der Waals surface area contributed by atoms with Gasteiger partial charge >= 0.3 is 6.18 Å². The van der Waals surface area contributed by atoms with Crippen LogP contribution in [-0.2, 0) is 16.2 Å². The third kappa shape index (κ3) is 5.13. The van der Waals surface area contributed by atoms with Crippen molar-refractivity contribution in [1.29, 1.82) is 0 Å². The van der Waals surface area contributed by atoms with E-state index >= 15 is 0 Å². The first-order valence-electron chi connectivity index (χ1n) is 13.2. The van der Waals surface area contributed by atoms with Gasteiger partial charge in [0.1, 0.15) is 0 Å². The molecule has 9 heteroatoms. The average molecular weight is 559 g/mol. The molecule has 0 radical (unpaired) electrons.